The fourth-order valence-corrected chi connectivity index (χ4v) is 3.54. The molecule has 170 valence electrons. The van der Waals surface area contributed by atoms with Gasteiger partial charge in [-0.05, 0) is 54.5 Å². The molecule has 0 spiro atoms. The molecule has 1 aromatic carbocycles. The third kappa shape index (κ3) is 7.45. The molecule has 31 heavy (non-hydrogen) atoms. The predicted octanol–water partition coefficient (Wildman–Crippen LogP) is 3.60. The highest BCUT2D eigenvalue weighted by Crippen LogP contribution is 2.27. The highest BCUT2D eigenvalue weighted by atomic mass is 127. The highest BCUT2D eigenvalue weighted by molar-refractivity contribution is 14.0. The number of hydrogen-bond acceptors (Lipinski definition) is 5. The molecule has 1 aromatic heterocycles. The lowest BCUT2D eigenvalue weighted by atomic mass is 9.99. The van der Waals surface area contributed by atoms with Crippen LogP contribution < -0.4 is 25.4 Å². The Bertz CT molecular complexity index is 836. The number of aliphatic imine (C=N–C) groups is 1. The Labute approximate surface area is 202 Å². The molecule has 1 aliphatic heterocycles. The second kappa shape index (κ2) is 12.6. The first kappa shape index (κ1) is 25.0. The van der Waals surface area contributed by atoms with Crippen LogP contribution in [-0.4, -0.2) is 44.8 Å². The standard InChI is InChI=1S/C23H33N5O2.HI/c1-17-9-12-28(13-10-17)22-7-5-19(15-26-22)16-27-23(24)25-11-8-18-4-6-20(29-2)21(14-18)30-3;/h4-7,14-15,17H,8-13,16H2,1-3H3,(H3,24,25,27);1H. The number of piperidine rings is 1. The number of aromatic nitrogens is 1. The number of halogens is 1. The van der Waals surface area contributed by atoms with Crippen LogP contribution in [0.5, 0.6) is 11.5 Å². The van der Waals surface area contributed by atoms with E-state index in [4.69, 9.17) is 15.2 Å². The van der Waals surface area contributed by atoms with Gasteiger partial charge < -0.3 is 25.4 Å². The molecule has 0 amide bonds. The molecule has 2 heterocycles. The van der Waals surface area contributed by atoms with E-state index < -0.39 is 0 Å². The number of hydrogen-bond donors (Lipinski definition) is 2. The molecule has 3 rings (SSSR count). The van der Waals surface area contributed by atoms with Gasteiger partial charge >= 0.3 is 0 Å². The van der Waals surface area contributed by atoms with Crippen LogP contribution in [0.1, 0.15) is 30.9 Å². The number of rotatable bonds is 8. The Morgan fingerprint density at radius 2 is 1.84 bits per heavy atom. The van der Waals surface area contributed by atoms with Crippen molar-refractivity contribution in [3.05, 3.63) is 47.7 Å². The van der Waals surface area contributed by atoms with Crippen molar-refractivity contribution in [3.63, 3.8) is 0 Å². The fourth-order valence-electron chi connectivity index (χ4n) is 3.54. The van der Waals surface area contributed by atoms with Gasteiger partial charge in [-0.3, -0.25) is 0 Å². The molecule has 1 aliphatic rings. The van der Waals surface area contributed by atoms with E-state index in [0.717, 1.165) is 53.9 Å². The molecule has 0 atom stereocenters. The summed E-state index contributed by atoms with van der Waals surface area (Å²) in [6, 6.07) is 10.1. The van der Waals surface area contributed by atoms with Crippen molar-refractivity contribution in [2.75, 3.05) is 38.8 Å². The van der Waals surface area contributed by atoms with Gasteiger partial charge in [-0.1, -0.05) is 19.1 Å². The number of anilines is 1. The molecular formula is C23H34IN5O2. The summed E-state index contributed by atoms with van der Waals surface area (Å²) in [5.41, 5.74) is 8.20. The SMILES string of the molecule is COc1ccc(CCNC(N)=NCc2ccc(N3CCC(C)CC3)nc2)cc1OC.I. The maximum Gasteiger partial charge on any atom is 0.188 e. The number of nitrogens with one attached hydrogen (secondary N) is 1. The number of nitrogens with two attached hydrogens (primary N) is 1. The van der Waals surface area contributed by atoms with E-state index in [-0.39, 0.29) is 24.0 Å². The van der Waals surface area contributed by atoms with E-state index in [2.05, 4.69) is 39.2 Å². The summed E-state index contributed by atoms with van der Waals surface area (Å²) in [7, 11) is 3.27. The molecule has 1 saturated heterocycles. The van der Waals surface area contributed by atoms with E-state index >= 15 is 0 Å². The van der Waals surface area contributed by atoms with Crippen LogP contribution in [0.3, 0.4) is 0 Å². The summed E-state index contributed by atoms with van der Waals surface area (Å²) in [6.07, 6.45) is 5.17. The maximum atomic E-state index is 6.01. The summed E-state index contributed by atoms with van der Waals surface area (Å²) in [5.74, 6) is 3.76. The van der Waals surface area contributed by atoms with Gasteiger partial charge in [0.1, 0.15) is 5.82 Å². The van der Waals surface area contributed by atoms with E-state index in [1.165, 1.54) is 12.8 Å². The molecule has 0 radical (unpaired) electrons. The molecule has 8 heteroatoms. The predicted molar refractivity (Wildman–Crippen MR) is 137 cm³/mol. The van der Waals surface area contributed by atoms with Crippen LogP contribution in [0.25, 0.3) is 0 Å². The minimum atomic E-state index is 0. The molecule has 0 unspecified atom stereocenters. The van der Waals surface area contributed by atoms with Crippen LogP contribution in [0, 0.1) is 5.92 Å². The normalized spacial score (nSPS) is 14.7. The first-order valence-corrected chi connectivity index (χ1v) is 10.5. The molecule has 1 fully saturated rings. The average molecular weight is 539 g/mol. The minimum Gasteiger partial charge on any atom is -0.493 e. The van der Waals surface area contributed by atoms with Crippen molar-refractivity contribution in [2.24, 2.45) is 16.6 Å². The highest BCUT2D eigenvalue weighted by Gasteiger charge is 2.16. The maximum absolute atomic E-state index is 6.01. The van der Waals surface area contributed by atoms with E-state index in [0.29, 0.717) is 19.0 Å². The summed E-state index contributed by atoms with van der Waals surface area (Å²) in [4.78, 5) is 11.4. The monoisotopic (exact) mass is 539 g/mol. The zero-order chi connectivity index (χ0) is 21.3. The molecule has 3 N–H and O–H groups in total. The van der Waals surface area contributed by atoms with E-state index in [9.17, 15) is 0 Å². The number of pyridine rings is 1. The van der Waals surface area contributed by atoms with Crippen molar-refractivity contribution >= 4 is 35.8 Å². The van der Waals surface area contributed by atoms with Gasteiger partial charge in [-0.2, -0.15) is 0 Å². The lowest BCUT2D eigenvalue weighted by Gasteiger charge is -2.31. The Morgan fingerprint density at radius 3 is 2.48 bits per heavy atom. The van der Waals surface area contributed by atoms with Gasteiger partial charge in [0.05, 0.1) is 20.8 Å². The summed E-state index contributed by atoms with van der Waals surface area (Å²) < 4.78 is 10.6. The Balaban J connectivity index is 0.00000341. The van der Waals surface area contributed by atoms with Crippen LogP contribution in [-0.2, 0) is 13.0 Å². The Kier molecular flexibility index (Phi) is 10.2. The van der Waals surface area contributed by atoms with Gasteiger partial charge in [-0.15, -0.1) is 24.0 Å². The fraction of sp³-hybridized carbons (Fsp3) is 0.478. The molecule has 0 bridgehead atoms. The van der Waals surface area contributed by atoms with Gasteiger partial charge in [0.15, 0.2) is 17.5 Å². The summed E-state index contributed by atoms with van der Waals surface area (Å²) in [6.45, 7) is 5.69. The van der Waals surface area contributed by atoms with Gasteiger partial charge in [0.25, 0.3) is 0 Å². The Hall–Kier alpha value is -2.23. The van der Waals surface area contributed by atoms with Crippen molar-refractivity contribution < 1.29 is 9.47 Å². The lowest BCUT2D eigenvalue weighted by Crippen LogP contribution is -2.33. The van der Waals surface area contributed by atoms with Crippen molar-refractivity contribution in [1.82, 2.24) is 10.3 Å². The van der Waals surface area contributed by atoms with E-state index in [1.54, 1.807) is 14.2 Å². The van der Waals surface area contributed by atoms with Gasteiger partial charge in [0, 0.05) is 25.8 Å². The second-order valence-electron chi connectivity index (χ2n) is 7.76. The van der Waals surface area contributed by atoms with Gasteiger partial charge in [0.2, 0.25) is 0 Å². The zero-order valence-corrected chi connectivity index (χ0v) is 21.0. The lowest BCUT2D eigenvalue weighted by molar-refractivity contribution is 0.354. The van der Waals surface area contributed by atoms with Crippen LogP contribution in [0.2, 0.25) is 0 Å². The van der Waals surface area contributed by atoms with Crippen molar-refractivity contribution in [2.45, 2.75) is 32.7 Å². The average Bonchev–Trinajstić information content (AvgIpc) is 2.78. The summed E-state index contributed by atoms with van der Waals surface area (Å²) in [5, 5.41) is 3.16. The smallest absolute Gasteiger partial charge is 0.188 e. The summed E-state index contributed by atoms with van der Waals surface area (Å²) >= 11 is 0. The first-order valence-electron chi connectivity index (χ1n) is 10.5. The number of benzene rings is 1. The topological polar surface area (TPSA) is 85.0 Å². The number of ether oxygens (including phenoxy) is 2. The number of methoxy groups -OCH3 is 2. The molecule has 0 saturated carbocycles. The second-order valence-corrected chi connectivity index (χ2v) is 7.76. The first-order chi connectivity index (χ1) is 14.6. The molecule has 7 nitrogen and oxygen atoms in total. The molecule has 0 aliphatic carbocycles. The van der Waals surface area contributed by atoms with Crippen LogP contribution in [0.15, 0.2) is 41.5 Å². The Morgan fingerprint density at radius 1 is 1.13 bits per heavy atom. The van der Waals surface area contributed by atoms with E-state index in [1.807, 2.05) is 24.4 Å². The van der Waals surface area contributed by atoms with Crippen LogP contribution >= 0.6 is 24.0 Å². The van der Waals surface area contributed by atoms with Crippen molar-refractivity contribution in [1.29, 1.82) is 0 Å². The third-order valence-electron chi connectivity index (χ3n) is 5.52. The largest absolute Gasteiger partial charge is 0.493 e. The van der Waals surface area contributed by atoms with Crippen LogP contribution in [0.4, 0.5) is 5.82 Å². The number of guanidine groups is 1. The number of nitrogens with zero attached hydrogens (tertiary/aromatic N) is 3. The third-order valence-corrected chi connectivity index (χ3v) is 5.52. The molecular weight excluding hydrogens is 505 g/mol. The quantitative estimate of drug-likeness (QED) is 0.303. The molecule has 2 aromatic rings. The minimum absolute atomic E-state index is 0. The van der Waals surface area contributed by atoms with Crippen molar-refractivity contribution in [3.8, 4) is 11.5 Å². The van der Waals surface area contributed by atoms with Gasteiger partial charge in [-0.25, -0.2) is 9.98 Å². The zero-order valence-electron chi connectivity index (χ0n) is 18.6.